The van der Waals surface area contributed by atoms with Crippen molar-refractivity contribution >= 4 is 29.0 Å². The van der Waals surface area contributed by atoms with Crippen LogP contribution in [0.4, 0.5) is 5.82 Å². The maximum Gasteiger partial charge on any atom is 0.161 e. The number of nitrogens with one attached hydrogen (secondary N) is 1. The van der Waals surface area contributed by atoms with Gasteiger partial charge in [0.1, 0.15) is 5.82 Å². The first-order valence-corrected chi connectivity index (χ1v) is 10.1. The minimum atomic E-state index is 0.533. The topological polar surface area (TPSA) is 37.8 Å². The number of benzene rings is 1. The lowest BCUT2D eigenvalue weighted by molar-refractivity contribution is 0.461. The van der Waals surface area contributed by atoms with Gasteiger partial charge in [0, 0.05) is 32.9 Å². The summed E-state index contributed by atoms with van der Waals surface area (Å²) >= 11 is 12.4. The van der Waals surface area contributed by atoms with Crippen LogP contribution < -0.4 is 5.32 Å². The molecule has 0 saturated heterocycles. The third kappa shape index (κ3) is 3.93. The fourth-order valence-corrected chi connectivity index (χ4v) is 4.49. The van der Waals surface area contributed by atoms with E-state index in [1.165, 1.54) is 56.2 Å². The summed E-state index contributed by atoms with van der Waals surface area (Å²) in [6, 6.07) is 6.06. The molecule has 1 N–H and O–H groups in total. The predicted molar refractivity (Wildman–Crippen MR) is 105 cm³/mol. The quantitative estimate of drug-likeness (QED) is 0.706. The van der Waals surface area contributed by atoms with E-state index in [1.807, 2.05) is 12.1 Å². The Labute approximate surface area is 159 Å². The predicted octanol–water partition coefficient (Wildman–Crippen LogP) is 6.07. The third-order valence-corrected chi connectivity index (χ3v) is 5.69. The van der Waals surface area contributed by atoms with Crippen molar-refractivity contribution in [3.8, 4) is 11.4 Å². The molecule has 0 atom stereocenters. The zero-order valence-corrected chi connectivity index (χ0v) is 15.8. The molecule has 132 valence electrons. The van der Waals surface area contributed by atoms with Gasteiger partial charge in [0.25, 0.3) is 0 Å². The summed E-state index contributed by atoms with van der Waals surface area (Å²) in [5.74, 6) is 1.76. The Kier molecular flexibility index (Phi) is 5.14. The molecule has 1 aromatic heterocycles. The Bertz CT molecular complexity index is 750. The molecule has 0 unspecified atom stereocenters. The minimum Gasteiger partial charge on any atom is -0.367 e. The molecular formula is C20H23Cl2N3. The van der Waals surface area contributed by atoms with Crippen LogP contribution in [-0.2, 0) is 12.8 Å². The summed E-state index contributed by atoms with van der Waals surface area (Å²) in [5, 5.41) is 4.96. The van der Waals surface area contributed by atoms with Crippen LogP contribution in [0.2, 0.25) is 10.0 Å². The number of halogens is 2. The maximum absolute atomic E-state index is 6.18. The fourth-order valence-electron chi connectivity index (χ4n) is 3.97. The molecule has 4 rings (SSSR count). The van der Waals surface area contributed by atoms with Gasteiger partial charge in [-0.2, -0.15) is 0 Å². The van der Waals surface area contributed by atoms with Gasteiger partial charge in [-0.25, -0.2) is 9.97 Å². The van der Waals surface area contributed by atoms with Crippen LogP contribution in [0, 0.1) is 0 Å². The lowest BCUT2D eigenvalue weighted by atomic mass is 9.93. The number of anilines is 1. The lowest BCUT2D eigenvalue weighted by Crippen LogP contribution is -2.25. The van der Waals surface area contributed by atoms with Crippen molar-refractivity contribution in [1.82, 2.24) is 9.97 Å². The molecule has 0 spiro atoms. The zero-order chi connectivity index (χ0) is 17.2. The second kappa shape index (κ2) is 7.51. The number of rotatable bonds is 3. The molecule has 5 heteroatoms. The van der Waals surface area contributed by atoms with Gasteiger partial charge in [0.15, 0.2) is 5.82 Å². The summed E-state index contributed by atoms with van der Waals surface area (Å²) in [5.41, 5.74) is 3.39. The van der Waals surface area contributed by atoms with Gasteiger partial charge in [0.05, 0.1) is 0 Å². The van der Waals surface area contributed by atoms with Crippen LogP contribution in [0.3, 0.4) is 0 Å². The highest BCUT2D eigenvalue weighted by Gasteiger charge is 2.21. The minimum absolute atomic E-state index is 0.533. The molecule has 3 nitrogen and oxygen atoms in total. The van der Waals surface area contributed by atoms with E-state index < -0.39 is 0 Å². The van der Waals surface area contributed by atoms with Gasteiger partial charge < -0.3 is 5.32 Å². The highest BCUT2D eigenvalue weighted by Crippen LogP contribution is 2.32. The number of nitrogens with zero attached hydrogens (tertiary/aromatic N) is 2. The van der Waals surface area contributed by atoms with Crippen molar-refractivity contribution in [3.05, 3.63) is 39.5 Å². The summed E-state index contributed by atoms with van der Waals surface area (Å²) in [6.45, 7) is 0. The van der Waals surface area contributed by atoms with Crippen LogP contribution >= 0.6 is 23.2 Å². The average molecular weight is 376 g/mol. The van der Waals surface area contributed by atoms with Crippen molar-refractivity contribution in [2.75, 3.05) is 5.32 Å². The van der Waals surface area contributed by atoms with Crippen molar-refractivity contribution in [2.24, 2.45) is 0 Å². The molecular weight excluding hydrogens is 353 g/mol. The zero-order valence-electron chi connectivity index (χ0n) is 14.3. The highest BCUT2D eigenvalue weighted by atomic mass is 35.5. The summed E-state index contributed by atoms with van der Waals surface area (Å²) in [4.78, 5) is 9.74. The van der Waals surface area contributed by atoms with Gasteiger partial charge in [-0.3, -0.25) is 0 Å². The van der Waals surface area contributed by atoms with Crippen LogP contribution in [0.25, 0.3) is 11.4 Å². The summed E-state index contributed by atoms with van der Waals surface area (Å²) in [7, 11) is 0. The lowest BCUT2D eigenvalue weighted by Gasteiger charge is -2.26. The molecule has 2 aliphatic carbocycles. The maximum atomic E-state index is 6.18. The molecule has 1 saturated carbocycles. The molecule has 0 bridgehead atoms. The van der Waals surface area contributed by atoms with Crippen molar-refractivity contribution < 1.29 is 0 Å². The number of hydrogen-bond acceptors (Lipinski definition) is 3. The second-order valence-electron chi connectivity index (χ2n) is 7.17. The number of fused-ring (bicyclic) bond motifs is 1. The monoisotopic (exact) mass is 375 g/mol. The fraction of sp³-hybridized carbons (Fsp3) is 0.500. The Hall–Kier alpha value is -1.32. The van der Waals surface area contributed by atoms with Gasteiger partial charge in [-0.05, 0) is 56.7 Å². The molecule has 25 heavy (non-hydrogen) atoms. The third-order valence-electron chi connectivity index (χ3n) is 5.25. The van der Waals surface area contributed by atoms with Crippen molar-refractivity contribution in [1.29, 1.82) is 0 Å². The molecule has 1 heterocycles. The van der Waals surface area contributed by atoms with E-state index in [0.29, 0.717) is 16.1 Å². The molecule has 2 aromatic rings. The second-order valence-corrected chi connectivity index (χ2v) is 8.04. The van der Waals surface area contributed by atoms with Gasteiger partial charge in [-0.15, -0.1) is 0 Å². The summed E-state index contributed by atoms with van der Waals surface area (Å²) in [6.07, 6.45) is 10.9. The van der Waals surface area contributed by atoms with Crippen LogP contribution in [0.15, 0.2) is 18.2 Å². The smallest absolute Gasteiger partial charge is 0.161 e. The largest absolute Gasteiger partial charge is 0.367 e. The first-order valence-electron chi connectivity index (χ1n) is 9.32. The Balaban J connectivity index is 1.73. The Morgan fingerprint density at radius 2 is 1.56 bits per heavy atom. The van der Waals surface area contributed by atoms with E-state index in [1.54, 1.807) is 6.07 Å². The SMILES string of the molecule is Clc1cc(Cl)cc(-c2nc3c(c(NC4CCCCC4)n2)CCCC3)c1. The Morgan fingerprint density at radius 3 is 2.32 bits per heavy atom. The number of aromatic nitrogens is 2. The van der Waals surface area contributed by atoms with E-state index in [2.05, 4.69) is 5.32 Å². The first kappa shape index (κ1) is 17.1. The van der Waals surface area contributed by atoms with E-state index in [4.69, 9.17) is 33.2 Å². The van der Waals surface area contributed by atoms with Gasteiger partial charge in [0.2, 0.25) is 0 Å². The van der Waals surface area contributed by atoms with Crippen molar-refractivity contribution in [2.45, 2.75) is 63.8 Å². The van der Waals surface area contributed by atoms with Crippen molar-refractivity contribution in [3.63, 3.8) is 0 Å². The van der Waals surface area contributed by atoms with E-state index in [-0.39, 0.29) is 0 Å². The highest BCUT2D eigenvalue weighted by molar-refractivity contribution is 6.35. The molecule has 0 radical (unpaired) electrons. The van der Waals surface area contributed by atoms with E-state index >= 15 is 0 Å². The average Bonchev–Trinajstić information content (AvgIpc) is 2.62. The molecule has 2 aliphatic rings. The molecule has 0 amide bonds. The number of aryl methyl sites for hydroxylation is 1. The molecule has 0 aliphatic heterocycles. The standard InChI is InChI=1S/C20H23Cl2N3/c21-14-10-13(11-15(22)12-14)19-24-18-9-5-4-8-17(18)20(25-19)23-16-6-2-1-3-7-16/h10-12,16H,1-9H2,(H,23,24,25). The van der Waals surface area contributed by atoms with E-state index in [0.717, 1.165) is 30.0 Å². The Morgan fingerprint density at radius 1 is 0.840 bits per heavy atom. The van der Waals surface area contributed by atoms with Crippen LogP contribution in [0.5, 0.6) is 0 Å². The summed E-state index contributed by atoms with van der Waals surface area (Å²) < 4.78 is 0. The van der Waals surface area contributed by atoms with Crippen LogP contribution in [0.1, 0.15) is 56.2 Å². The normalized spacial score (nSPS) is 18.0. The number of hydrogen-bond donors (Lipinski definition) is 1. The molecule has 1 aromatic carbocycles. The molecule has 1 fully saturated rings. The van der Waals surface area contributed by atoms with Gasteiger partial charge >= 0.3 is 0 Å². The van der Waals surface area contributed by atoms with E-state index in [9.17, 15) is 0 Å². The van der Waals surface area contributed by atoms with Gasteiger partial charge in [-0.1, -0.05) is 42.5 Å². The van der Waals surface area contributed by atoms with Crippen LogP contribution in [-0.4, -0.2) is 16.0 Å². The first-order chi connectivity index (χ1) is 12.2.